The number of hydrogen-bond acceptors (Lipinski definition) is 3. The molecule has 0 fully saturated rings. The molecule has 0 aromatic heterocycles. The fraction of sp³-hybridized carbons (Fsp3) is 0.138. The molecule has 0 atom stereocenters. The summed E-state index contributed by atoms with van der Waals surface area (Å²) >= 11 is 2.26. The van der Waals surface area contributed by atoms with Gasteiger partial charge in [-0.15, -0.1) is 0 Å². The van der Waals surface area contributed by atoms with Crippen LogP contribution in [0.1, 0.15) is 19.4 Å². The van der Waals surface area contributed by atoms with Crippen molar-refractivity contribution in [1.29, 1.82) is 0 Å². The number of halogens is 1. The van der Waals surface area contributed by atoms with E-state index >= 15 is 0 Å². The van der Waals surface area contributed by atoms with Gasteiger partial charge in [0.1, 0.15) is 11.4 Å². The molecule has 4 aromatic rings. The number of rotatable bonds is 8. The van der Waals surface area contributed by atoms with Crippen molar-refractivity contribution in [3.63, 3.8) is 0 Å². The number of carbonyl (C=O) groups excluding carboxylic acids is 1. The van der Waals surface area contributed by atoms with E-state index in [9.17, 15) is 4.79 Å². The summed E-state index contributed by atoms with van der Waals surface area (Å²) in [4.78, 5) is 16.2. The van der Waals surface area contributed by atoms with Gasteiger partial charge in [-0.25, -0.2) is 4.79 Å². The van der Waals surface area contributed by atoms with Crippen LogP contribution in [-0.2, 0) is 26.0 Å². The zero-order chi connectivity index (χ0) is 24.0. The zero-order valence-corrected chi connectivity index (χ0v) is 22.1. The van der Waals surface area contributed by atoms with Crippen LogP contribution in [0.4, 0.5) is 0 Å². The first-order valence-electron chi connectivity index (χ1n) is 11.0. The van der Waals surface area contributed by atoms with Gasteiger partial charge in [0.25, 0.3) is 0 Å². The third-order valence-electron chi connectivity index (χ3n) is 5.28. The Morgan fingerprint density at radius 1 is 0.735 bits per heavy atom. The molecule has 0 bridgehead atoms. The van der Waals surface area contributed by atoms with E-state index < -0.39 is 11.6 Å². The van der Waals surface area contributed by atoms with Gasteiger partial charge in [-0.2, -0.15) is 0 Å². The summed E-state index contributed by atoms with van der Waals surface area (Å²) in [6, 6.07) is 36.9. The lowest BCUT2D eigenvalue weighted by Gasteiger charge is -2.25. The van der Waals surface area contributed by atoms with Crippen LogP contribution in [0.25, 0.3) is 0 Å². The van der Waals surface area contributed by atoms with Crippen molar-refractivity contribution in [3.05, 3.63) is 118 Å². The third-order valence-corrected chi connectivity index (χ3v) is 8.23. The predicted molar refractivity (Wildman–Crippen MR) is 145 cm³/mol. The molecule has 172 valence electrons. The van der Waals surface area contributed by atoms with Gasteiger partial charge in [0.05, 0.1) is 10.9 Å². The average Bonchev–Trinajstić information content (AvgIpc) is 2.85. The maximum atomic E-state index is 12.5. The minimum Gasteiger partial charge on any atom is -0.482 e. The van der Waals surface area contributed by atoms with Gasteiger partial charge in [0.2, 0.25) is 0 Å². The summed E-state index contributed by atoms with van der Waals surface area (Å²) in [6.45, 7) is 3.63. The highest BCUT2D eigenvalue weighted by Gasteiger charge is 2.28. The molecule has 0 unspecified atom stereocenters. The standard InChI is InChI=1S/C29H26IO3S/c1-29(2,22-13-15-23(30)16-14-22)33-28(31)21-32-24-17-19-27(20-18-24)34(25-9-5-3-6-10-25)26-11-7-4-8-12-26/h3-20H,21H2,1-2H3/q+1. The van der Waals surface area contributed by atoms with Crippen LogP contribution in [0.2, 0.25) is 0 Å². The molecule has 34 heavy (non-hydrogen) atoms. The number of hydrogen-bond donors (Lipinski definition) is 0. The van der Waals surface area contributed by atoms with Crippen LogP contribution in [0.15, 0.2) is 124 Å². The van der Waals surface area contributed by atoms with Gasteiger partial charge in [-0.1, -0.05) is 48.5 Å². The van der Waals surface area contributed by atoms with Gasteiger partial charge in [0, 0.05) is 3.57 Å². The minimum atomic E-state index is -0.728. The highest BCUT2D eigenvalue weighted by atomic mass is 127. The Hall–Kier alpha value is -2.77. The fourth-order valence-electron chi connectivity index (χ4n) is 3.56. The van der Waals surface area contributed by atoms with Gasteiger partial charge >= 0.3 is 5.97 Å². The van der Waals surface area contributed by atoms with Crippen molar-refractivity contribution in [2.24, 2.45) is 0 Å². The summed E-state index contributed by atoms with van der Waals surface area (Å²) in [6.07, 6.45) is 0. The number of benzene rings is 4. The Kier molecular flexibility index (Phi) is 7.95. The van der Waals surface area contributed by atoms with Gasteiger partial charge in [-0.05, 0) is 103 Å². The van der Waals surface area contributed by atoms with Gasteiger partial charge in [0.15, 0.2) is 21.3 Å². The molecule has 0 saturated heterocycles. The molecule has 0 aliphatic heterocycles. The molecule has 4 aromatic carbocycles. The van der Waals surface area contributed by atoms with Crippen LogP contribution in [0.5, 0.6) is 5.75 Å². The first kappa shape index (κ1) is 24.4. The number of carbonyl (C=O) groups is 1. The molecular weight excluding hydrogens is 555 g/mol. The second-order valence-corrected chi connectivity index (χ2v) is 11.5. The number of ether oxygens (including phenoxy) is 2. The van der Waals surface area contributed by atoms with E-state index in [2.05, 4.69) is 83.3 Å². The molecule has 0 saturated carbocycles. The van der Waals surface area contributed by atoms with Crippen LogP contribution >= 0.6 is 22.6 Å². The topological polar surface area (TPSA) is 35.5 Å². The summed E-state index contributed by atoms with van der Waals surface area (Å²) in [5.41, 5.74) is 0.216. The fourth-order valence-corrected chi connectivity index (χ4v) is 6.00. The predicted octanol–water partition coefficient (Wildman–Crippen LogP) is 7.24. The summed E-state index contributed by atoms with van der Waals surface area (Å²) in [5, 5.41) is 0. The van der Waals surface area contributed by atoms with Crippen molar-refractivity contribution < 1.29 is 14.3 Å². The molecule has 3 nitrogen and oxygen atoms in total. The second-order valence-electron chi connectivity index (χ2n) is 8.18. The van der Waals surface area contributed by atoms with Crippen molar-refractivity contribution in [1.82, 2.24) is 0 Å². The second kappa shape index (κ2) is 11.1. The molecule has 5 heteroatoms. The normalized spacial score (nSPS) is 11.3. The SMILES string of the molecule is CC(C)(OC(=O)COc1ccc([S+](c2ccccc2)c2ccccc2)cc1)c1ccc(I)cc1. The van der Waals surface area contributed by atoms with E-state index in [0.717, 1.165) is 9.13 Å². The summed E-state index contributed by atoms with van der Waals surface area (Å²) in [5.74, 6) is 0.235. The number of esters is 1. The van der Waals surface area contributed by atoms with Crippen LogP contribution in [-0.4, -0.2) is 12.6 Å². The van der Waals surface area contributed by atoms with E-state index in [-0.39, 0.29) is 17.5 Å². The van der Waals surface area contributed by atoms with Gasteiger partial charge < -0.3 is 9.47 Å². The highest BCUT2D eigenvalue weighted by molar-refractivity contribution is 14.1. The summed E-state index contributed by atoms with van der Waals surface area (Å²) in [7, 11) is -0.220. The maximum Gasteiger partial charge on any atom is 0.345 e. The van der Waals surface area contributed by atoms with Crippen molar-refractivity contribution in [2.45, 2.75) is 34.1 Å². The molecule has 0 spiro atoms. The van der Waals surface area contributed by atoms with E-state index in [1.807, 2.05) is 62.4 Å². The Morgan fingerprint density at radius 2 is 1.24 bits per heavy atom. The quantitative estimate of drug-likeness (QED) is 0.125. The first-order chi connectivity index (χ1) is 16.4. The smallest absolute Gasteiger partial charge is 0.345 e. The van der Waals surface area contributed by atoms with E-state index in [0.29, 0.717) is 5.75 Å². The largest absolute Gasteiger partial charge is 0.482 e. The Balaban J connectivity index is 1.43. The molecule has 0 radical (unpaired) electrons. The molecule has 4 rings (SSSR count). The van der Waals surface area contributed by atoms with E-state index in [4.69, 9.17) is 9.47 Å². The van der Waals surface area contributed by atoms with E-state index in [1.54, 1.807) is 0 Å². The van der Waals surface area contributed by atoms with Crippen molar-refractivity contribution >= 4 is 39.5 Å². The van der Waals surface area contributed by atoms with Crippen LogP contribution in [0.3, 0.4) is 0 Å². The highest BCUT2D eigenvalue weighted by Crippen LogP contribution is 2.32. The average molecular weight is 581 g/mol. The molecule has 0 amide bonds. The molecule has 0 aliphatic carbocycles. The van der Waals surface area contributed by atoms with Crippen LogP contribution < -0.4 is 4.74 Å². The lowest BCUT2D eigenvalue weighted by atomic mass is 9.98. The summed E-state index contributed by atoms with van der Waals surface area (Å²) < 4.78 is 12.6. The van der Waals surface area contributed by atoms with Gasteiger partial charge in [-0.3, -0.25) is 0 Å². The maximum absolute atomic E-state index is 12.5. The molecule has 0 N–H and O–H groups in total. The lowest BCUT2D eigenvalue weighted by molar-refractivity contribution is -0.159. The Bertz CT molecular complexity index is 1170. The van der Waals surface area contributed by atoms with Crippen molar-refractivity contribution in [3.8, 4) is 5.75 Å². The van der Waals surface area contributed by atoms with E-state index in [1.165, 1.54) is 14.7 Å². The monoisotopic (exact) mass is 581 g/mol. The van der Waals surface area contributed by atoms with Crippen LogP contribution in [0, 0.1) is 3.57 Å². The zero-order valence-electron chi connectivity index (χ0n) is 19.1. The Labute approximate surface area is 217 Å². The lowest BCUT2D eigenvalue weighted by Crippen LogP contribution is -2.28. The first-order valence-corrected chi connectivity index (χ1v) is 13.3. The third kappa shape index (κ3) is 6.21. The van der Waals surface area contributed by atoms with Crippen molar-refractivity contribution in [2.75, 3.05) is 6.61 Å². The Morgan fingerprint density at radius 3 is 1.76 bits per heavy atom. The molecular formula is C29H26IO3S+. The molecule has 0 aliphatic rings. The minimum absolute atomic E-state index is 0.143. The molecule has 0 heterocycles.